The van der Waals surface area contributed by atoms with Crippen molar-refractivity contribution in [3.05, 3.63) is 20.0 Å². The number of ether oxygens (including phenoxy) is 2. The van der Waals surface area contributed by atoms with Crippen LogP contribution in [0.5, 0.6) is 0 Å². The number of thiazole rings is 1. The summed E-state index contributed by atoms with van der Waals surface area (Å²) in [7, 11) is 0. The predicted molar refractivity (Wildman–Crippen MR) is 83.6 cm³/mol. The molecule has 1 aliphatic heterocycles. The second-order valence-corrected chi connectivity index (χ2v) is 6.30. The molecule has 0 aliphatic carbocycles. The number of H-pyrrole nitrogens is 1. The van der Waals surface area contributed by atoms with E-state index in [2.05, 4.69) is 9.97 Å². The second-order valence-electron chi connectivity index (χ2n) is 5.33. The first-order chi connectivity index (χ1) is 11.3. The van der Waals surface area contributed by atoms with Gasteiger partial charge in [0.25, 0.3) is 5.56 Å². The molecule has 0 spiro atoms. The number of hydrogen-bond acceptors (Lipinski definition) is 8. The van der Waals surface area contributed by atoms with Gasteiger partial charge in [0.05, 0.1) is 6.10 Å². The third-order valence-electron chi connectivity index (χ3n) is 3.71. The number of nitrogens with zero attached hydrogens (tertiary/aromatic N) is 2. The molecule has 11 heteroatoms. The normalized spacial score (nSPS) is 26.8. The fraction of sp³-hybridized carbons (Fsp3) is 0.538. The summed E-state index contributed by atoms with van der Waals surface area (Å²) in [5, 5.41) is 0. The van der Waals surface area contributed by atoms with E-state index in [1.54, 1.807) is 6.92 Å². The first-order valence-corrected chi connectivity index (χ1v) is 8.02. The Kier molecular flexibility index (Phi) is 4.13. The molecule has 1 aliphatic rings. The van der Waals surface area contributed by atoms with E-state index in [0.29, 0.717) is 17.8 Å². The Balaban J connectivity index is 2.17. The number of fused-ring (bicyclic) bond motifs is 1. The van der Waals surface area contributed by atoms with E-state index in [-0.39, 0.29) is 16.3 Å². The minimum Gasteiger partial charge on any atom is -0.454 e. The lowest BCUT2D eigenvalue weighted by molar-refractivity contribution is -0.154. The number of nitrogens with one attached hydrogen (secondary N) is 1. The van der Waals surface area contributed by atoms with Gasteiger partial charge in [-0.3, -0.25) is 23.9 Å². The molecule has 2 aromatic rings. The topological polar surface area (TPSA) is 129 Å². The standard InChI is InChI=1S/C13H15FN4O5S/c1-3-5-6(14)7(22-4(2)19)11(23-5)18-9-8(24-13(18)21)10(20)17-12(15)16-9/h5-7,11H,3H2,1-2H3,(H3,15,16,17,20)/t5-,6+,7-,11-/m1/s1. The highest BCUT2D eigenvalue weighted by molar-refractivity contribution is 7.16. The van der Waals surface area contributed by atoms with Gasteiger partial charge in [0.15, 0.2) is 24.2 Å². The average molecular weight is 358 g/mol. The Morgan fingerprint density at radius 3 is 2.88 bits per heavy atom. The molecule has 2 aromatic heterocycles. The second kappa shape index (κ2) is 5.98. The maximum absolute atomic E-state index is 14.5. The smallest absolute Gasteiger partial charge is 0.311 e. The van der Waals surface area contributed by atoms with Crippen LogP contribution in [-0.2, 0) is 14.3 Å². The zero-order valence-corrected chi connectivity index (χ0v) is 13.6. The number of aromatic amines is 1. The van der Waals surface area contributed by atoms with E-state index >= 15 is 0 Å². The Bertz CT molecular complexity index is 906. The molecule has 1 saturated heterocycles. The Hall–Kier alpha value is -2.27. The molecule has 0 amide bonds. The number of esters is 1. The fourth-order valence-corrected chi connectivity index (χ4v) is 3.56. The minimum atomic E-state index is -1.61. The molecule has 0 saturated carbocycles. The van der Waals surface area contributed by atoms with Crippen molar-refractivity contribution in [2.45, 2.75) is 44.9 Å². The van der Waals surface area contributed by atoms with Crippen molar-refractivity contribution in [1.29, 1.82) is 0 Å². The Morgan fingerprint density at radius 1 is 1.54 bits per heavy atom. The number of halogens is 1. The zero-order valence-electron chi connectivity index (χ0n) is 12.8. The van der Waals surface area contributed by atoms with E-state index in [1.807, 2.05) is 0 Å². The molecule has 130 valence electrons. The molecule has 0 aromatic carbocycles. The van der Waals surface area contributed by atoms with E-state index in [1.165, 1.54) is 0 Å². The summed E-state index contributed by atoms with van der Waals surface area (Å²) in [6.07, 6.45) is -4.66. The zero-order chi connectivity index (χ0) is 17.6. The summed E-state index contributed by atoms with van der Waals surface area (Å²) < 4.78 is 26.2. The number of carbonyl (C=O) groups is 1. The van der Waals surface area contributed by atoms with Crippen molar-refractivity contribution in [3.63, 3.8) is 0 Å². The van der Waals surface area contributed by atoms with Gasteiger partial charge in [0, 0.05) is 6.92 Å². The van der Waals surface area contributed by atoms with Crippen LogP contribution in [0.15, 0.2) is 9.59 Å². The van der Waals surface area contributed by atoms with Crippen molar-refractivity contribution in [2.75, 3.05) is 5.73 Å². The first-order valence-electron chi connectivity index (χ1n) is 7.21. The maximum Gasteiger partial charge on any atom is 0.311 e. The van der Waals surface area contributed by atoms with Crippen molar-refractivity contribution >= 4 is 33.6 Å². The summed E-state index contributed by atoms with van der Waals surface area (Å²) in [5.74, 6) is -0.893. The van der Waals surface area contributed by atoms with Crippen molar-refractivity contribution in [3.8, 4) is 0 Å². The summed E-state index contributed by atoms with van der Waals surface area (Å²) in [4.78, 5) is 41.2. The van der Waals surface area contributed by atoms with E-state index in [9.17, 15) is 18.8 Å². The quantitative estimate of drug-likeness (QED) is 0.755. The van der Waals surface area contributed by atoms with Gasteiger partial charge in [0.2, 0.25) is 5.95 Å². The predicted octanol–water partition coefficient (Wildman–Crippen LogP) is 0.306. The third kappa shape index (κ3) is 2.59. The van der Waals surface area contributed by atoms with Gasteiger partial charge in [0.1, 0.15) is 4.70 Å². The van der Waals surface area contributed by atoms with Crippen LogP contribution in [0.1, 0.15) is 26.5 Å². The van der Waals surface area contributed by atoms with E-state index in [0.717, 1.165) is 11.5 Å². The van der Waals surface area contributed by atoms with Gasteiger partial charge in [-0.25, -0.2) is 4.39 Å². The highest BCUT2D eigenvalue weighted by Gasteiger charge is 2.48. The van der Waals surface area contributed by atoms with Gasteiger partial charge in [-0.2, -0.15) is 4.98 Å². The number of nitrogens with two attached hydrogens (primary N) is 1. The van der Waals surface area contributed by atoms with Crippen LogP contribution < -0.4 is 16.2 Å². The molecule has 3 heterocycles. The van der Waals surface area contributed by atoms with Crippen LogP contribution in [0.2, 0.25) is 0 Å². The highest BCUT2D eigenvalue weighted by atomic mass is 32.1. The number of rotatable bonds is 3. The monoisotopic (exact) mass is 358 g/mol. The van der Waals surface area contributed by atoms with Crippen LogP contribution >= 0.6 is 11.3 Å². The number of hydrogen-bond donors (Lipinski definition) is 2. The summed E-state index contributed by atoms with van der Waals surface area (Å²) >= 11 is 0.635. The van der Waals surface area contributed by atoms with Crippen molar-refractivity contribution < 1.29 is 18.7 Å². The van der Waals surface area contributed by atoms with Crippen LogP contribution in [0, 0.1) is 0 Å². The average Bonchev–Trinajstić information content (AvgIpc) is 2.97. The SMILES string of the molecule is CC[C@H]1O[C@@H](n2c(=O)sc3c(=O)[nH]c(N)nc32)[C@H](OC(C)=O)[C@H]1F. The summed E-state index contributed by atoms with van der Waals surface area (Å²) in [6.45, 7) is 2.85. The number of anilines is 1. The number of alkyl halides is 1. The van der Waals surface area contributed by atoms with Gasteiger partial charge < -0.3 is 15.2 Å². The molecule has 9 nitrogen and oxygen atoms in total. The third-order valence-corrected chi connectivity index (χ3v) is 4.66. The molecule has 0 radical (unpaired) electrons. The number of carbonyl (C=O) groups excluding carboxylic acids is 1. The lowest BCUT2D eigenvalue weighted by Gasteiger charge is -2.19. The van der Waals surface area contributed by atoms with Crippen LogP contribution in [0.25, 0.3) is 10.3 Å². The largest absolute Gasteiger partial charge is 0.454 e. The molecule has 0 bridgehead atoms. The van der Waals surface area contributed by atoms with Crippen molar-refractivity contribution in [1.82, 2.24) is 14.5 Å². The molecule has 4 atom stereocenters. The summed E-state index contributed by atoms with van der Waals surface area (Å²) in [5.41, 5.74) is 4.91. The highest BCUT2D eigenvalue weighted by Crippen LogP contribution is 2.36. The maximum atomic E-state index is 14.5. The van der Waals surface area contributed by atoms with Gasteiger partial charge in [-0.15, -0.1) is 0 Å². The molecule has 3 N–H and O–H groups in total. The molecule has 3 rings (SSSR count). The number of nitrogen functional groups attached to an aromatic ring is 1. The Morgan fingerprint density at radius 2 is 2.25 bits per heavy atom. The minimum absolute atomic E-state index is 0.0302. The first kappa shape index (κ1) is 16.6. The van der Waals surface area contributed by atoms with Gasteiger partial charge >= 0.3 is 10.8 Å². The fourth-order valence-electron chi connectivity index (χ4n) is 2.71. The lowest BCUT2D eigenvalue weighted by Crippen LogP contribution is -2.35. The summed E-state index contributed by atoms with van der Waals surface area (Å²) in [6, 6.07) is 0. The lowest BCUT2D eigenvalue weighted by atomic mass is 10.1. The number of aromatic nitrogens is 3. The van der Waals surface area contributed by atoms with E-state index < -0.39 is 41.0 Å². The van der Waals surface area contributed by atoms with Crippen LogP contribution in [0.3, 0.4) is 0 Å². The molecule has 1 fully saturated rings. The van der Waals surface area contributed by atoms with Crippen molar-refractivity contribution in [2.24, 2.45) is 0 Å². The van der Waals surface area contributed by atoms with Crippen LogP contribution in [0.4, 0.5) is 10.3 Å². The Labute approximate surface area is 138 Å². The van der Waals surface area contributed by atoms with E-state index in [4.69, 9.17) is 15.2 Å². The molecular weight excluding hydrogens is 343 g/mol. The molecule has 0 unspecified atom stereocenters. The molecular formula is C13H15FN4O5S. The molecule has 24 heavy (non-hydrogen) atoms. The van der Waals surface area contributed by atoms with Gasteiger partial charge in [-0.1, -0.05) is 18.3 Å². The van der Waals surface area contributed by atoms with Gasteiger partial charge in [-0.05, 0) is 6.42 Å². The van der Waals surface area contributed by atoms with Crippen LogP contribution in [-0.4, -0.2) is 38.9 Å².